The van der Waals surface area contributed by atoms with E-state index < -0.39 is 0 Å². The van der Waals surface area contributed by atoms with Crippen molar-refractivity contribution in [3.8, 4) is 0 Å². The number of carbonyl (C=O) groups excluding carboxylic acids is 1. The third-order valence-electron chi connectivity index (χ3n) is 2.17. The van der Waals surface area contributed by atoms with Gasteiger partial charge in [0.2, 0.25) is 0 Å². The molecule has 1 rings (SSSR count). The first kappa shape index (κ1) is 11.6. The van der Waals surface area contributed by atoms with E-state index in [0.717, 1.165) is 25.1 Å². The van der Waals surface area contributed by atoms with E-state index >= 15 is 0 Å². The van der Waals surface area contributed by atoms with Crippen molar-refractivity contribution < 1.29 is 4.79 Å². The summed E-state index contributed by atoms with van der Waals surface area (Å²) in [5, 5.41) is 9.57. The van der Waals surface area contributed by atoms with Crippen molar-refractivity contribution >= 4 is 6.03 Å². The molecule has 0 saturated carbocycles. The lowest BCUT2D eigenvalue weighted by molar-refractivity contribution is 0.240. The Morgan fingerprint density at radius 3 is 2.93 bits per heavy atom. The van der Waals surface area contributed by atoms with Gasteiger partial charge in [-0.15, -0.1) is 0 Å². The van der Waals surface area contributed by atoms with Gasteiger partial charge in [0.05, 0.1) is 12.2 Å². The Balaban J connectivity index is 2.20. The van der Waals surface area contributed by atoms with Gasteiger partial charge in [-0.3, -0.25) is 4.68 Å². The van der Waals surface area contributed by atoms with Crippen LogP contribution in [0.4, 0.5) is 4.79 Å². The second-order valence-electron chi connectivity index (χ2n) is 3.41. The standard InChI is InChI=1S/C10H18N4O/c1-3-4-6-11-10(15)12-8-9-5-7-13-14(9)2/h5,7H,3-4,6,8H2,1-2H3,(H2,11,12,15). The molecule has 0 aliphatic heterocycles. The minimum Gasteiger partial charge on any atom is -0.338 e. The predicted molar refractivity (Wildman–Crippen MR) is 58.4 cm³/mol. The van der Waals surface area contributed by atoms with E-state index in [1.54, 1.807) is 10.9 Å². The van der Waals surface area contributed by atoms with Crippen molar-refractivity contribution in [1.29, 1.82) is 0 Å². The third kappa shape index (κ3) is 4.01. The lowest BCUT2D eigenvalue weighted by atomic mass is 10.3. The van der Waals surface area contributed by atoms with E-state index in [1.165, 1.54) is 0 Å². The molecule has 5 heteroatoms. The Kier molecular flexibility index (Phi) is 4.66. The number of urea groups is 1. The van der Waals surface area contributed by atoms with Crippen molar-refractivity contribution in [2.24, 2.45) is 7.05 Å². The number of hydrogen-bond donors (Lipinski definition) is 2. The molecule has 0 aliphatic rings. The van der Waals surface area contributed by atoms with Crippen molar-refractivity contribution in [3.63, 3.8) is 0 Å². The monoisotopic (exact) mass is 210 g/mol. The lowest BCUT2D eigenvalue weighted by Crippen LogP contribution is -2.35. The molecule has 1 aromatic rings. The smallest absolute Gasteiger partial charge is 0.315 e. The molecular weight excluding hydrogens is 192 g/mol. The van der Waals surface area contributed by atoms with Crippen LogP contribution in [0, 0.1) is 0 Å². The van der Waals surface area contributed by atoms with Crippen molar-refractivity contribution in [3.05, 3.63) is 18.0 Å². The maximum atomic E-state index is 11.3. The van der Waals surface area contributed by atoms with Gasteiger partial charge in [-0.25, -0.2) is 4.79 Å². The highest BCUT2D eigenvalue weighted by molar-refractivity contribution is 5.73. The number of rotatable bonds is 5. The molecule has 0 aliphatic carbocycles. The molecule has 0 atom stereocenters. The second-order valence-corrected chi connectivity index (χ2v) is 3.41. The third-order valence-corrected chi connectivity index (χ3v) is 2.17. The fourth-order valence-corrected chi connectivity index (χ4v) is 1.19. The number of hydrogen-bond acceptors (Lipinski definition) is 2. The zero-order valence-corrected chi connectivity index (χ0v) is 9.29. The number of nitrogens with zero attached hydrogens (tertiary/aromatic N) is 2. The number of unbranched alkanes of at least 4 members (excludes halogenated alkanes) is 1. The Morgan fingerprint density at radius 2 is 2.33 bits per heavy atom. The first-order chi connectivity index (χ1) is 7.24. The first-order valence-corrected chi connectivity index (χ1v) is 5.22. The highest BCUT2D eigenvalue weighted by atomic mass is 16.2. The molecule has 84 valence electrons. The van der Waals surface area contributed by atoms with Gasteiger partial charge < -0.3 is 10.6 Å². The summed E-state index contributed by atoms with van der Waals surface area (Å²) in [6.45, 7) is 3.33. The topological polar surface area (TPSA) is 59.0 Å². The highest BCUT2D eigenvalue weighted by Crippen LogP contribution is 1.94. The SMILES string of the molecule is CCCCNC(=O)NCc1ccnn1C. The minimum absolute atomic E-state index is 0.121. The molecule has 0 radical (unpaired) electrons. The fourth-order valence-electron chi connectivity index (χ4n) is 1.19. The molecule has 0 aromatic carbocycles. The van der Waals surface area contributed by atoms with Crippen LogP contribution in [0.5, 0.6) is 0 Å². The lowest BCUT2D eigenvalue weighted by Gasteiger charge is -2.06. The molecule has 2 N–H and O–H groups in total. The van der Waals surface area contributed by atoms with Crippen molar-refractivity contribution in [2.45, 2.75) is 26.3 Å². The van der Waals surface area contributed by atoms with Crippen LogP contribution >= 0.6 is 0 Å². The zero-order chi connectivity index (χ0) is 11.1. The summed E-state index contributed by atoms with van der Waals surface area (Å²) in [6.07, 6.45) is 3.81. The van der Waals surface area contributed by atoms with Gasteiger partial charge in [-0.1, -0.05) is 13.3 Å². The molecule has 15 heavy (non-hydrogen) atoms. The van der Waals surface area contributed by atoms with Crippen LogP contribution < -0.4 is 10.6 Å². The number of nitrogens with one attached hydrogen (secondary N) is 2. The molecule has 5 nitrogen and oxygen atoms in total. The molecule has 1 aromatic heterocycles. The fraction of sp³-hybridized carbons (Fsp3) is 0.600. The van der Waals surface area contributed by atoms with E-state index in [4.69, 9.17) is 0 Å². The summed E-state index contributed by atoms with van der Waals surface area (Å²) < 4.78 is 1.74. The van der Waals surface area contributed by atoms with Gasteiger partial charge in [-0.2, -0.15) is 5.10 Å². The van der Waals surface area contributed by atoms with Crippen LogP contribution in [-0.2, 0) is 13.6 Å². The van der Waals surface area contributed by atoms with Gasteiger partial charge in [0, 0.05) is 19.8 Å². The van der Waals surface area contributed by atoms with Crippen LogP contribution in [0.2, 0.25) is 0 Å². The largest absolute Gasteiger partial charge is 0.338 e. The normalized spacial score (nSPS) is 10.0. The van der Waals surface area contributed by atoms with Crippen LogP contribution in [0.3, 0.4) is 0 Å². The van der Waals surface area contributed by atoms with E-state index in [-0.39, 0.29) is 6.03 Å². The summed E-state index contributed by atoms with van der Waals surface area (Å²) in [4.78, 5) is 11.3. The van der Waals surface area contributed by atoms with Crippen LogP contribution in [-0.4, -0.2) is 22.4 Å². The summed E-state index contributed by atoms with van der Waals surface area (Å²) >= 11 is 0. The van der Waals surface area contributed by atoms with E-state index in [1.807, 2.05) is 13.1 Å². The molecule has 2 amide bonds. The van der Waals surface area contributed by atoms with Gasteiger partial charge >= 0.3 is 6.03 Å². The Bertz CT molecular complexity index is 308. The first-order valence-electron chi connectivity index (χ1n) is 5.22. The summed E-state index contributed by atoms with van der Waals surface area (Å²) in [5.74, 6) is 0. The maximum Gasteiger partial charge on any atom is 0.315 e. The highest BCUT2D eigenvalue weighted by Gasteiger charge is 2.01. The molecule has 1 heterocycles. The van der Waals surface area contributed by atoms with Crippen molar-refractivity contribution in [2.75, 3.05) is 6.54 Å². The summed E-state index contributed by atoms with van der Waals surface area (Å²) in [7, 11) is 1.85. The number of aryl methyl sites for hydroxylation is 1. The molecule has 0 fully saturated rings. The zero-order valence-electron chi connectivity index (χ0n) is 9.29. The predicted octanol–water partition coefficient (Wildman–Crippen LogP) is 1.02. The Morgan fingerprint density at radius 1 is 1.53 bits per heavy atom. The van der Waals surface area contributed by atoms with E-state index in [0.29, 0.717) is 6.54 Å². The molecule has 0 saturated heterocycles. The number of amides is 2. The average molecular weight is 210 g/mol. The van der Waals surface area contributed by atoms with E-state index in [2.05, 4.69) is 22.7 Å². The quantitative estimate of drug-likeness (QED) is 0.713. The van der Waals surface area contributed by atoms with Crippen LogP contribution in [0.15, 0.2) is 12.3 Å². The van der Waals surface area contributed by atoms with Gasteiger partial charge in [0.25, 0.3) is 0 Å². The van der Waals surface area contributed by atoms with Crippen LogP contribution in [0.1, 0.15) is 25.5 Å². The maximum absolute atomic E-state index is 11.3. The van der Waals surface area contributed by atoms with Gasteiger partial charge in [0.15, 0.2) is 0 Å². The second kappa shape index (κ2) is 6.06. The number of aromatic nitrogens is 2. The van der Waals surface area contributed by atoms with Crippen LogP contribution in [0.25, 0.3) is 0 Å². The average Bonchev–Trinajstić information content (AvgIpc) is 2.61. The summed E-state index contributed by atoms with van der Waals surface area (Å²) in [5.41, 5.74) is 0.987. The number of carbonyl (C=O) groups is 1. The Hall–Kier alpha value is -1.52. The molecule has 0 unspecified atom stereocenters. The molecular formula is C10H18N4O. The summed E-state index contributed by atoms with van der Waals surface area (Å²) in [6, 6.07) is 1.76. The van der Waals surface area contributed by atoms with Crippen molar-refractivity contribution in [1.82, 2.24) is 20.4 Å². The van der Waals surface area contributed by atoms with Gasteiger partial charge in [0.1, 0.15) is 0 Å². The molecule has 0 spiro atoms. The molecule has 0 bridgehead atoms. The minimum atomic E-state index is -0.121. The Labute approximate surface area is 89.9 Å². The van der Waals surface area contributed by atoms with Gasteiger partial charge in [-0.05, 0) is 12.5 Å². The van der Waals surface area contributed by atoms with E-state index in [9.17, 15) is 4.79 Å².